The molecule has 0 radical (unpaired) electrons. The zero-order valence-corrected chi connectivity index (χ0v) is 13.3. The molecule has 1 N–H and O–H groups in total. The number of rotatable bonds is 2. The predicted molar refractivity (Wildman–Crippen MR) is 89.5 cm³/mol. The summed E-state index contributed by atoms with van der Waals surface area (Å²) in [6.45, 7) is 6.46. The third kappa shape index (κ3) is 2.55. The summed E-state index contributed by atoms with van der Waals surface area (Å²) in [5.74, 6) is 0.963. The molecule has 1 atom stereocenters. The summed E-state index contributed by atoms with van der Waals surface area (Å²) in [6, 6.07) is 6.54. The minimum Gasteiger partial charge on any atom is -0.377 e. The van der Waals surface area contributed by atoms with Gasteiger partial charge in [0.25, 0.3) is 0 Å². The zero-order chi connectivity index (χ0) is 15.8. The average Bonchev–Trinajstić information content (AvgIpc) is 3.04. The molecule has 0 spiro atoms. The second-order valence-corrected chi connectivity index (χ2v) is 5.96. The van der Waals surface area contributed by atoms with Gasteiger partial charge in [0.15, 0.2) is 0 Å². The summed E-state index contributed by atoms with van der Waals surface area (Å²) >= 11 is 0. The highest BCUT2D eigenvalue weighted by Crippen LogP contribution is 2.30. The molecule has 6 heteroatoms. The molecule has 23 heavy (non-hydrogen) atoms. The number of aromatic nitrogens is 4. The lowest BCUT2D eigenvalue weighted by atomic mass is 10.1. The van der Waals surface area contributed by atoms with Crippen LogP contribution in [0.3, 0.4) is 0 Å². The van der Waals surface area contributed by atoms with Gasteiger partial charge in [-0.1, -0.05) is 6.07 Å². The third-order valence-corrected chi connectivity index (χ3v) is 4.28. The largest absolute Gasteiger partial charge is 0.377 e. The van der Waals surface area contributed by atoms with Crippen molar-refractivity contribution < 1.29 is 4.74 Å². The molecule has 0 aromatic carbocycles. The van der Waals surface area contributed by atoms with Crippen LogP contribution in [0.25, 0.3) is 22.2 Å². The molecule has 0 saturated carbocycles. The van der Waals surface area contributed by atoms with Crippen molar-refractivity contribution >= 4 is 16.9 Å². The Kier molecular flexibility index (Phi) is 3.46. The summed E-state index contributed by atoms with van der Waals surface area (Å²) in [7, 11) is 0. The molecule has 6 nitrogen and oxygen atoms in total. The highest BCUT2D eigenvalue weighted by Gasteiger charge is 2.22. The number of morpholine rings is 1. The second kappa shape index (κ2) is 5.62. The van der Waals surface area contributed by atoms with Crippen LogP contribution in [0.1, 0.15) is 12.6 Å². The van der Waals surface area contributed by atoms with Crippen LogP contribution in [-0.2, 0) is 4.74 Å². The molecule has 0 amide bonds. The monoisotopic (exact) mass is 309 g/mol. The van der Waals surface area contributed by atoms with Crippen LogP contribution in [0.15, 0.2) is 30.6 Å². The van der Waals surface area contributed by atoms with Gasteiger partial charge in [-0.3, -0.25) is 10.1 Å². The van der Waals surface area contributed by atoms with Crippen LogP contribution in [0.2, 0.25) is 0 Å². The lowest BCUT2D eigenvalue weighted by Crippen LogP contribution is -2.44. The number of aryl methyl sites for hydroxylation is 1. The number of ether oxygens (including phenoxy) is 1. The van der Waals surface area contributed by atoms with Crippen LogP contribution < -0.4 is 4.90 Å². The standard InChI is InChI=1S/C17H19N5O/c1-11-3-4-13(8-18-11)14-7-16(20-15-9-19-21-17(14)15)22-5-6-23-10-12(22)2/h3-4,7-9,12H,5-6,10H2,1-2H3,(H,19,21)/t12-/m1/s1. The fourth-order valence-corrected chi connectivity index (χ4v) is 2.99. The van der Waals surface area contributed by atoms with E-state index in [1.54, 1.807) is 6.20 Å². The Morgan fingerprint density at radius 3 is 3.00 bits per heavy atom. The van der Waals surface area contributed by atoms with Crippen molar-refractivity contribution in [3.8, 4) is 11.1 Å². The van der Waals surface area contributed by atoms with Crippen LogP contribution in [0.4, 0.5) is 5.82 Å². The molecule has 3 aromatic heterocycles. The maximum Gasteiger partial charge on any atom is 0.130 e. The van der Waals surface area contributed by atoms with Gasteiger partial charge < -0.3 is 9.64 Å². The van der Waals surface area contributed by atoms with Crippen molar-refractivity contribution in [1.82, 2.24) is 20.2 Å². The Labute approximate surface area is 134 Å². The Morgan fingerprint density at radius 2 is 2.22 bits per heavy atom. The van der Waals surface area contributed by atoms with Crippen molar-refractivity contribution in [2.75, 3.05) is 24.7 Å². The van der Waals surface area contributed by atoms with Crippen molar-refractivity contribution in [1.29, 1.82) is 0 Å². The summed E-state index contributed by atoms with van der Waals surface area (Å²) < 4.78 is 5.54. The number of H-pyrrole nitrogens is 1. The van der Waals surface area contributed by atoms with E-state index in [2.05, 4.69) is 39.1 Å². The number of fused-ring (bicyclic) bond motifs is 1. The fraction of sp³-hybridized carbons (Fsp3) is 0.353. The Bertz CT molecular complexity index is 827. The van der Waals surface area contributed by atoms with E-state index in [0.29, 0.717) is 6.04 Å². The lowest BCUT2D eigenvalue weighted by Gasteiger charge is -2.34. The number of anilines is 1. The molecule has 4 heterocycles. The second-order valence-electron chi connectivity index (χ2n) is 5.96. The molecule has 0 bridgehead atoms. The molecule has 118 valence electrons. The minimum atomic E-state index is 0.310. The minimum absolute atomic E-state index is 0.310. The van der Waals surface area contributed by atoms with Gasteiger partial charge >= 0.3 is 0 Å². The topological polar surface area (TPSA) is 66.9 Å². The quantitative estimate of drug-likeness (QED) is 0.788. The fourth-order valence-electron chi connectivity index (χ4n) is 2.99. The van der Waals surface area contributed by atoms with E-state index in [1.165, 1.54) is 0 Å². The summed E-state index contributed by atoms with van der Waals surface area (Å²) in [4.78, 5) is 11.5. The summed E-state index contributed by atoms with van der Waals surface area (Å²) in [6.07, 6.45) is 3.67. The van der Waals surface area contributed by atoms with Gasteiger partial charge in [-0.15, -0.1) is 0 Å². The van der Waals surface area contributed by atoms with Gasteiger partial charge in [0, 0.05) is 29.6 Å². The zero-order valence-electron chi connectivity index (χ0n) is 13.3. The highest BCUT2D eigenvalue weighted by molar-refractivity contribution is 5.92. The van der Waals surface area contributed by atoms with Crippen LogP contribution in [0, 0.1) is 6.92 Å². The number of aromatic amines is 1. The van der Waals surface area contributed by atoms with Crippen LogP contribution in [-0.4, -0.2) is 46.0 Å². The van der Waals surface area contributed by atoms with Crippen molar-refractivity contribution in [2.24, 2.45) is 0 Å². The number of hydrogen-bond acceptors (Lipinski definition) is 5. The van der Waals surface area contributed by atoms with E-state index in [4.69, 9.17) is 9.72 Å². The maximum absolute atomic E-state index is 5.54. The van der Waals surface area contributed by atoms with Gasteiger partial charge in [0.2, 0.25) is 0 Å². The smallest absolute Gasteiger partial charge is 0.130 e. The molecule has 3 aromatic rings. The van der Waals surface area contributed by atoms with Crippen LogP contribution in [0.5, 0.6) is 0 Å². The van der Waals surface area contributed by atoms with Gasteiger partial charge in [-0.05, 0) is 26.0 Å². The number of nitrogens with one attached hydrogen (secondary N) is 1. The van der Waals surface area contributed by atoms with E-state index in [9.17, 15) is 0 Å². The average molecular weight is 309 g/mol. The molecule has 0 aliphatic carbocycles. The SMILES string of the molecule is Cc1ccc(-c2cc(N3CCOC[C@H]3C)nc3cn[nH]c23)cn1. The van der Waals surface area contributed by atoms with E-state index >= 15 is 0 Å². The van der Waals surface area contributed by atoms with Crippen molar-refractivity contribution in [3.05, 3.63) is 36.3 Å². The maximum atomic E-state index is 5.54. The molecule has 4 rings (SSSR count). The lowest BCUT2D eigenvalue weighted by molar-refractivity contribution is 0.0986. The number of nitrogens with zero attached hydrogens (tertiary/aromatic N) is 4. The van der Waals surface area contributed by atoms with Gasteiger partial charge in [0.1, 0.15) is 11.3 Å². The summed E-state index contributed by atoms with van der Waals surface area (Å²) in [5, 5.41) is 7.22. The number of hydrogen-bond donors (Lipinski definition) is 1. The number of pyridine rings is 2. The highest BCUT2D eigenvalue weighted by atomic mass is 16.5. The Balaban J connectivity index is 1.85. The Morgan fingerprint density at radius 1 is 1.30 bits per heavy atom. The van der Waals surface area contributed by atoms with Gasteiger partial charge in [0.05, 0.1) is 31.0 Å². The van der Waals surface area contributed by atoms with Gasteiger partial charge in [-0.25, -0.2) is 4.98 Å². The van der Waals surface area contributed by atoms with E-state index in [1.807, 2.05) is 19.2 Å². The van der Waals surface area contributed by atoms with Gasteiger partial charge in [-0.2, -0.15) is 5.10 Å². The molecule has 1 saturated heterocycles. The summed E-state index contributed by atoms with van der Waals surface area (Å²) in [5.41, 5.74) is 4.96. The van der Waals surface area contributed by atoms with Crippen LogP contribution >= 0.6 is 0 Å². The first-order valence-corrected chi connectivity index (χ1v) is 7.84. The van der Waals surface area contributed by atoms with Crippen molar-refractivity contribution in [3.63, 3.8) is 0 Å². The molecule has 1 aliphatic rings. The Hall–Kier alpha value is -2.47. The molecule has 1 aliphatic heterocycles. The normalized spacial score (nSPS) is 18.5. The van der Waals surface area contributed by atoms with E-state index in [0.717, 1.165) is 53.4 Å². The molecular weight excluding hydrogens is 290 g/mol. The predicted octanol–water partition coefficient (Wildman–Crippen LogP) is 2.55. The first-order valence-electron chi connectivity index (χ1n) is 7.84. The molecular formula is C17H19N5O. The molecule has 1 fully saturated rings. The first kappa shape index (κ1) is 14.1. The first-order chi connectivity index (χ1) is 11.2. The molecule has 0 unspecified atom stereocenters. The van der Waals surface area contributed by atoms with Crippen molar-refractivity contribution in [2.45, 2.75) is 19.9 Å². The van der Waals surface area contributed by atoms with E-state index in [-0.39, 0.29) is 0 Å². The van der Waals surface area contributed by atoms with E-state index < -0.39 is 0 Å². The third-order valence-electron chi connectivity index (χ3n) is 4.28.